The van der Waals surface area contributed by atoms with Gasteiger partial charge < -0.3 is 15.8 Å². The van der Waals surface area contributed by atoms with Gasteiger partial charge in [-0.3, -0.25) is 4.79 Å². The largest absolute Gasteiger partial charge is 0.495 e. The van der Waals surface area contributed by atoms with Crippen LogP contribution in [0.1, 0.15) is 41.2 Å². The van der Waals surface area contributed by atoms with E-state index >= 15 is 0 Å². The van der Waals surface area contributed by atoms with Gasteiger partial charge in [0.15, 0.2) is 0 Å². The van der Waals surface area contributed by atoms with Crippen LogP contribution in [-0.4, -0.2) is 25.1 Å². The molecule has 0 bridgehead atoms. The van der Waals surface area contributed by atoms with Gasteiger partial charge in [0.2, 0.25) is 0 Å². The van der Waals surface area contributed by atoms with Crippen molar-refractivity contribution in [3.05, 3.63) is 15.8 Å². The first-order valence-electron chi connectivity index (χ1n) is 6.17. The number of rotatable bonds is 6. The molecule has 0 aliphatic heterocycles. The van der Waals surface area contributed by atoms with E-state index < -0.39 is 0 Å². The third-order valence-corrected chi connectivity index (χ3v) is 4.29. The summed E-state index contributed by atoms with van der Waals surface area (Å²) in [4.78, 5) is 13.8. The average molecular weight is 307 g/mol. The second kappa shape index (κ2) is 7.72. The molecule has 0 radical (unpaired) electrons. The zero-order chi connectivity index (χ0) is 13.8. The number of hydrogen-bond donors (Lipinski definition) is 2. The molecule has 6 heteroatoms. The fourth-order valence-corrected chi connectivity index (χ4v) is 2.53. The molecule has 110 valence electrons. The van der Waals surface area contributed by atoms with E-state index in [4.69, 9.17) is 10.5 Å². The number of thiophene rings is 1. The van der Waals surface area contributed by atoms with Crippen molar-refractivity contribution >= 4 is 29.7 Å². The van der Waals surface area contributed by atoms with E-state index in [9.17, 15) is 4.79 Å². The van der Waals surface area contributed by atoms with E-state index in [2.05, 4.69) is 5.32 Å². The van der Waals surface area contributed by atoms with Crippen molar-refractivity contribution in [3.63, 3.8) is 0 Å². The van der Waals surface area contributed by atoms with Crippen molar-refractivity contribution in [2.24, 2.45) is 5.73 Å². The van der Waals surface area contributed by atoms with Crippen molar-refractivity contribution in [2.45, 2.75) is 39.2 Å². The maximum atomic E-state index is 12.1. The van der Waals surface area contributed by atoms with Crippen LogP contribution >= 0.6 is 23.7 Å². The summed E-state index contributed by atoms with van der Waals surface area (Å²) in [5.74, 6) is 0.521. The van der Waals surface area contributed by atoms with Crippen molar-refractivity contribution < 1.29 is 9.53 Å². The van der Waals surface area contributed by atoms with Crippen LogP contribution in [0.15, 0.2) is 6.07 Å². The number of halogens is 1. The number of carbonyl (C=O) groups is 1. The van der Waals surface area contributed by atoms with Gasteiger partial charge in [-0.05, 0) is 25.8 Å². The quantitative estimate of drug-likeness (QED) is 0.849. The molecule has 0 aliphatic rings. The Balaban J connectivity index is 0.00000324. The van der Waals surface area contributed by atoms with Gasteiger partial charge in [-0.1, -0.05) is 13.8 Å². The van der Waals surface area contributed by atoms with Crippen LogP contribution in [0.25, 0.3) is 0 Å². The molecule has 0 spiro atoms. The summed E-state index contributed by atoms with van der Waals surface area (Å²) in [6, 6.07) is 1.87. The van der Waals surface area contributed by atoms with Crippen LogP contribution in [0, 0.1) is 6.92 Å². The zero-order valence-corrected chi connectivity index (χ0v) is 13.5. The molecular weight excluding hydrogens is 284 g/mol. The number of hydrogen-bond acceptors (Lipinski definition) is 4. The van der Waals surface area contributed by atoms with Gasteiger partial charge in [0.05, 0.1) is 7.11 Å². The van der Waals surface area contributed by atoms with Gasteiger partial charge in [-0.15, -0.1) is 23.7 Å². The second-order valence-corrected chi connectivity index (χ2v) is 5.76. The maximum absolute atomic E-state index is 12.1. The predicted octanol–water partition coefficient (Wildman–Crippen LogP) is 2.73. The van der Waals surface area contributed by atoms with E-state index in [1.807, 2.05) is 26.8 Å². The average Bonchev–Trinajstić information content (AvgIpc) is 2.76. The lowest BCUT2D eigenvalue weighted by Crippen LogP contribution is -2.49. The SMILES string of the molecule is CCC(N)(CC)CNC(=O)c1sc(C)cc1OC.Cl. The van der Waals surface area contributed by atoms with E-state index in [0.29, 0.717) is 17.2 Å². The molecule has 0 unspecified atom stereocenters. The molecule has 0 saturated heterocycles. The molecule has 0 saturated carbocycles. The molecule has 1 aromatic heterocycles. The summed E-state index contributed by atoms with van der Waals surface area (Å²) in [5.41, 5.74) is 5.83. The van der Waals surface area contributed by atoms with E-state index in [0.717, 1.165) is 17.7 Å². The van der Waals surface area contributed by atoms with Crippen LogP contribution in [-0.2, 0) is 0 Å². The Bertz CT molecular complexity index is 417. The van der Waals surface area contributed by atoms with E-state index in [-0.39, 0.29) is 23.9 Å². The van der Waals surface area contributed by atoms with Crippen molar-refractivity contribution in [1.29, 1.82) is 0 Å². The summed E-state index contributed by atoms with van der Waals surface area (Å²) < 4.78 is 5.19. The van der Waals surface area contributed by atoms with Crippen LogP contribution < -0.4 is 15.8 Å². The molecule has 1 rings (SSSR count). The summed E-state index contributed by atoms with van der Waals surface area (Å²) >= 11 is 1.43. The van der Waals surface area contributed by atoms with Crippen LogP contribution in [0.4, 0.5) is 0 Å². The summed E-state index contributed by atoms with van der Waals surface area (Å²) in [6.45, 7) is 6.51. The molecule has 1 heterocycles. The molecule has 0 fully saturated rings. The fraction of sp³-hybridized carbons (Fsp3) is 0.615. The number of nitrogens with two attached hydrogens (primary N) is 1. The third-order valence-electron chi connectivity index (χ3n) is 3.26. The first-order valence-corrected chi connectivity index (χ1v) is 6.99. The van der Waals surface area contributed by atoms with Gasteiger partial charge >= 0.3 is 0 Å². The lowest BCUT2D eigenvalue weighted by molar-refractivity contribution is 0.0943. The number of ether oxygens (including phenoxy) is 1. The number of methoxy groups -OCH3 is 1. The minimum absolute atomic E-state index is 0. The monoisotopic (exact) mass is 306 g/mol. The Labute approximate surface area is 125 Å². The van der Waals surface area contributed by atoms with Crippen LogP contribution in [0.5, 0.6) is 5.75 Å². The molecule has 0 atom stereocenters. The van der Waals surface area contributed by atoms with Crippen LogP contribution in [0.3, 0.4) is 0 Å². The van der Waals surface area contributed by atoms with Gasteiger partial charge in [0, 0.05) is 17.0 Å². The Morgan fingerprint density at radius 1 is 1.47 bits per heavy atom. The maximum Gasteiger partial charge on any atom is 0.265 e. The van der Waals surface area contributed by atoms with Gasteiger partial charge in [-0.2, -0.15) is 0 Å². The number of nitrogens with one attached hydrogen (secondary N) is 1. The third kappa shape index (κ3) is 4.67. The number of carbonyl (C=O) groups excluding carboxylic acids is 1. The fourth-order valence-electron chi connectivity index (χ4n) is 1.64. The highest BCUT2D eigenvalue weighted by molar-refractivity contribution is 7.14. The second-order valence-electron chi connectivity index (χ2n) is 4.51. The minimum Gasteiger partial charge on any atom is -0.495 e. The minimum atomic E-state index is -0.324. The topological polar surface area (TPSA) is 64.3 Å². The first kappa shape index (κ1) is 18.2. The number of aryl methyl sites for hydroxylation is 1. The highest BCUT2D eigenvalue weighted by atomic mass is 35.5. The van der Waals surface area contributed by atoms with E-state index in [1.54, 1.807) is 7.11 Å². The van der Waals surface area contributed by atoms with Crippen LogP contribution in [0.2, 0.25) is 0 Å². The Hall–Kier alpha value is -0.780. The Morgan fingerprint density at radius 3 is 2.53 bits per heavy atom. The molecule has 19 heavy (non-hydrogen) atoms. The zero-order valence-electron chi connectivity index (χ0n) is 11.9. The lowest BCUT2D eigenvalue weighted by Gasteiger charge is -2.26. The summed E-state index contributed by atoms with van der Waals surface area (Å²) in [5, 5.41) is 2.90. The first-order chi connectivity index (χ1) is 8.45. The Kier molecular flexibility index (Phi) is 7.41. The molecular formula is C13H23ClN2O2S. The normalized spacial score (nSPS) is 10.8. The molecule has 1 amide bonds. The highest BCUT2D eigenvalue weighted by Crippen LogP contribution is 2.28. The van der Waals surface area contributed by atoms with Crippen molar-refractivity contribution in [2.75, 3.05) is 13.7 Å². The van der Waals surface area contributed by atoms with Crippen molar-refractivity contribution in [1.82, 2.24) is 5.32 Å². The summed E-state index contributed by atoms with van der Waals surface area (Å²) in [6.07, 6.45) is 1.68. The molecule has 0 aliphatic carbocycles. The standard InChI is InChI=1S/C13H22N2O2S.ClH/c1-5-13(14,6-2)8-15-12(16)11-10(17-4)7-9(3)18-11;/h7H,5-6,8,14H2,1-4H3,(H,15,16);1H. The summed E-state index contributed by atoms with van der Waals surface area (Å²) in [7, 11) is 1.57. The van der Waals surface area contributed by atoms with Gasteiger partial charge in [0.1, 0.15) is 10.6 Å². The van der Waals surface area contributed by atoms with Crippen molar-refractivity contribution in [3.8, 4) is 5.75 Å². The van der Waals surface area contributed by atoms with Gasteiger partial charge in [0.25, 0.3) is 5.91 Å². The number of amides is 1. The molecule has 3 N–H and O–H groups in total. The van der Waals surface area contributed by atoms with Gasteiger partial charge in [-0.25, -0.2) is 0 Å². The molecule has 1 aromatic rings. The van der Waals surface area contributed by atoms with E-state index in [1.165, 1.54) is 11.3 Å². The lowest BCUT2D eigenvalue weighted by atomic mass is 9.94. The predicted molar refractivity (Wildman–Crippen MR) is 82.7 cm³/mol. The molecule has 0 aromatic carbocycles. The highest BCUT2D eigenvalue weighted by Gasteiger charge is 2.23. The smallest absolute Gasteiger partial charge is 0.265 e. The Morgan fingerprint density at radius 2 is 2.05 bits per heavy atom. The molecule has 4 nitrogen and oxygen atoms in total.